The van der Waals surface area contributed by atoms with Crippen molar-refractivity contribution in [3.63, 3.8) is 0 Å². The molecule has 3 unspecified atom stereocenters. The van der Waals surface area contributed by atoms with E-state index in [0.29, 0.717) is 19.2 Å². The van der Waals surface area contributed by atoms with Crippen LogP contribution in [0.15, 0.2) is 0 Å². The van der Waals surface area contributed by atoms with Crippen LogP contribution in [0, 0.1) is 5.92 Å². The molecule has 0 aromatic carbocycles. The Labute approximate surface area is 112 Å². The molecule has 3 atom stereocenters. The average Bonchev–Trinajstić information content (AvgIpc) is 2.41. The lowest BCUT2D eigenvalue weighted by molar-refractivity contribution is 0.0325. The topological polar surface area (TPSA) is 41.5 Å². The first-order valence-corrected chi connectivity index (χ1v) is 7.77. The van der Waals surface area contributed by atoms with E-state index in [1.54, 1.807) is 0 Å². The maximum atomic E-state index is 9.85. The van der Waals surface area contributed by atoms with Crippen molar-refractivity contribution in [2.75, 3.05) is 19.8 Å². The Morgan fingerprint density at radius 2 is 2.06 bits per heavy atom. The van der Waals surface area contributed by atoms with Gasteiger partial charge in [0.1, 0.15) is 0 Å². The van der Waals surface area contributed by atoms with Gasteiger partial charge in [-0.25, -0.2) is 0 Å². The molecule has 0 aromatic rings. The number of rotatable bonds is 9. The van der Waals surface area contributed by atoms with E-state index in [0.717, 1.165) is 25.4 Å². The summed E-state index contributed by atoms with van der Waals surface area (Å²) in [4.78, 5) is 0. The Kier molecular flexibility index (Phi) is 8.64. The van der Waals surface area contributed by atoms with Gasteiger partial charge in [0.2, 0.25) is 0 Å². The fourth-order valence-electron chi connectivity index (χ4n) is 2.78. The molecule has 0 saturated heterocycles. The lowest BCUT2D eigenvalue weighted by Gasteiger charge is -2.32. The van der Waals surface area contributed by atoms with Crippen molar-refractivity contribution >= 4 is 0 Å². The van der Waals surface area contributed by atoms with E-state index in [9.17, 15) is 5.11 Å². The summed E-state index contributed by atoms with van der Waals surface area (Å²) in [5.41, 5.74) is 0. The van der Waals surface area contributed by atoms with Crippen LogP contribution < -0.4 is 5.32 Å². The van der Waals surface area contributed by atoms with Gasteiger partial charge in [-0.05, 0) is 25.2 Å². The molecule has 3 nitrogen and oxygen atoms in total. The molecule has 1 fully saturated rings. The van der Waals surface area contributed by atoms with Crippen LogP contribution >= 0.6 is 0 Å². The maximum Gasteiger partial charge on any atom is 0.0897 e. The van der Waals surface area contributed by atoms with E-state index >= 15 is 0 Å². The molecule has 0 radical (unpaired) electrons. The van der Waals surface area contributed by atoms with Crippen LogP contribution in [0.3, 0.4) is 0 Å². The highest BCUT2D eigenvalue weighted by Crippen LogP contribution is 2.26. The van der Waals surface area contributed by atoms with E-state index in [-0.39, 0.29) is 6.10 Å². The normalized spacial score (nSPS) is 26.2. The first-order chi connectivity index (χ1) is 8.77. The third kappa shape index (κ3) is 6.17. The van der Waals surface area contributed by atoms with E-state index in [1.807, 2.05) is 0 Å². The molecule has 1 rings (SSSR count). The van der Waals surface area contributed by atoms with E-state index in [1.165, 1.54) is 32.1 Å². The highest BCUT2D eigenvalue weighted by molar-refractivity contribution is 4.80. The first kappa shape index (κ1) is 15.9. The minimum absolute atomic E-state index is 0.360. The largest absolute Gasteiger partial charge is 0.389 e. The zero-order chi connectivity index (χ0) is 13.2. The van der Waals surface area contributed by atoms with E-state index in [2.05, 4.69) is 19.2 Å². The zero-order valence-electron chi connectivity index (χ0n) is 12.2. The van der Waals surface area contributed by atoms with Crippen LogP contribution in [0.25, 0.3) is 0 Å². The van der Waals surface area contributed by atoms with Crippen LogP contribution in [0.4, 0.5) is 0 Å². The predicted octanol–water partition coefficient (Wildman–Crippen LogP) is 2.72. The lowest BCUT2D eigenvalue weighted by Crippen LogP contribution is -2.43. The molecular weight excluding hydrogens is 226 g/mol. The second-order valence-corrected chi connectivity index (χ2v) is 5.55. The fraction of sp³-hybridized carbons (Fsp3) is 1.00. The number of unbranched alkanes of at least 4 members (excludes halogenated alkanes) is 1. The molecule has 0 aromatic heterocycles. The summed E-state index contributed by atoms with van der Waals surface area (Å²) in [6.07, 6.45) is 8.44. The van der Waals surface area contributed by atoms with Crippen molar-refractivity contribution < 1.29 is 9.84 Å². The Bertz CT molecular complexity index is 199. The molecule has 108 valence electrons. The number of hydrogen-bond acceptors (Lipinski definition) is 3. The number of nitrogens with one attached hydrogen (secondary N) is 1. The maximum absolute atomic E-state index is 9.85. The molecule has 0 amide bonds. The molecule has 0 heterocycles. The fourth-order valence-corrected chi connectivity index (χ4v) is 2.78. The van der Waals surface area contributed by atoms with Gasteiger partial charge in [-0.15, -0.1) is 0 Å². The van der Waals surface area contributed by atoms with Crippen LogP contribution in [0.2, 0.25) is 0 Å². The van der Waals surface area contributed by atoms with Crippen molar-refractivity contribution in [2.24, 2.45) is 5.92 Å². The Hall–Kier alpha value is -0.120. The molecule has 1 aliphatic carbocycles. The SMILES string of the molecule is CCCCOCC(O)CNC1CCCCC1CC. The van der Waals surface area contributed by atoms with Gasteiger partial charge in [-0.1, -0.05) is 39.5 Å². The van der Waals surface area contributed by atoms with Crippen molar-refractivity contribution in [3.8, 4) is 0 Å². The van der Waals surface area contributed by atoms with E-state index < -0.39 is 0 Å². The van der Waals surface area contributed by atoms with Gasteiger partial charge in [-0.3, -0.25) is 0 Å². The zero-order valence-corrected chi connectivity index (χ0v) is 12.2. The van der Waals surface area contributed by atoms with Crippen molar-refractivity contribution in [1.29, 1.82) is 0 Å². The summed E-state index contributed by atoms with van der Waals surface area (Å²) in [6.45, 7) is 6.34. The predicted molar refractivity (Wildman–Crippen MR) is 75.8 cm³/mol. The summed E-state index contributed by atoms with van der Waals surface area (Å²) >= 11 is 0. The number of aliphatic hydroxyl groups excluding tert-OH is 1. The van der Waals surface area contributed by atoms with Crippen LogP contribution in [0.5, 0.6) is 0 Å². The molecule has 0 spiro atoms. The summed E-state index contributed by atoms with van der Waals surface area (Å²) in [5.74, 6) is 0.798. The summed E-state index contributed by atoms with van der Waals surface area (Å²) in [5, 5.41) is 13.4. The Morgan fingerprint density at radius 1 is 1.28 bits per heavy atom. The third-order valence-electron chi connectivity index (χ3n) is 4.00. The van der Waals surface area contributed by atoms with Gasteiger partial charge >= 0.3 is 0 Å². The van der Waals surface area contributed by atoms with Crippen molar-refractivity contribution in [2.45, 2.75) is 70.9 Å². The first-order valence-electron chi connectivity index (χ1n) is 7.77. The highest BCUT2D eigenvalue weighted by atomic mass is 16.5. The van der Waals surface area contributed by atoms with Crippen LogP contribution in [0.1, 0.15) is 58.8 Å². The Morgan fingerprint density at radius 3 is 2.78 bits per heavy atom. The Balaban J connectivity index is 2.10. The smallest absolute Gasteiger partial charge is 0.0897 e. The lowest BCUT2D eigenvalue weighted by atomic mass is 9.83. The van der Waals surface area contributed by atoms with Gasteiger partial charge in [0.05, 0.1) is 12.7 Å². The van der Waals surface area contributed by atoms with Gasteiger partial charge in [0, 0.05) is 19.2 Å². The molecule has 0 bridgehead atoms. The quantitative estimate of drug-likeness (QED) is 0.624. The van der Waals surface area contributed by atoms with Gasteiger partial charge in [-0.2, -0.15) is 0 Å². The van der Waals surface area contributed by atoms with Gasteiger partial charge in [0.15, 0.2) is 0 Å². The van der Waals surface area contributed by atoms with E-state index in [4.69, 9.17) is 4.74 Å². The van der Waals surface area contributed by atoms with Crippen LogP contribution in [-0.2, 0) is 4.74 Å². The standard InChI is InChI=1S/C15H31NO2/c1-3-5-10-18-12-14(17)11-16-15-9-7-6-8-13(15)4-2/h13-17H,3-12H2,1-2H3. The molecule has 1 saturated carbocycles. The summed E-state index contributed by atoms with van der Waals surface area (Å²) in [7, 11) is 0. The average molecular weight is 257 g/mol. The summed E-state index contributed by atoms with van der Waals surface area (Å²) in [6, 6.07) is 0.606. The molecule has 18 heavy (non-hydrogen) atoms. The molecule has 1 aliphatic rings. The third-order valence-corrected chi connectivity index (χ3v) is 4.00. The van der Waals surface area contributed by atoms with Crippen LogP contribution in [-0.4, -0.2) is 37.0 Å². The summed E-state index contributed by atoms with van der Waals surface area (Å²) < 4.78 is 5.44. The van der Waals surface area contributed by atoms with Crippen molar-refractivity contribution in [1.82, 2.24) is 5.32 Å². The minimum Gasteiger partial charge on any atom is -0.389 e. The monoisotopic (exact) mass is 257 g/mol. The number of aliphatic hydroxyl groups is 1. The highest BCUT2D eigenvalue weighted by Gasteiger charge is 2.23. The molecule has 2 N–H and O–H groups in total. The second kappa shape index (κ2) is 9.76. The second-order valence-electron chi connectivity index (χ2n) is 5.55. The van der Waals surface area contributed by atoms with Crippen molar-refractivity contribution in [3.05, 3.63) is 0 Å². The van der Waals surface area contributed by atoms with Gasteiger partial charge < -0.3 is 15.2 Å². The molecular formula is C15H31NO2. The number of hydrogen-bond donors (Lipinski definition) is 2. The molecule has 3 heteroatoms. The minimum atomic E-state index is -0.360. The number of ether oxygens (including phenoxy) is 1. The molecule has 0 aliphatic heterocycles. The van der Waals surface area contributed by atoms with Gasteiger partial charge in [0.25, 0.3) is 0 Å².